The Morgan fingerprint density at radius 2 is 2.31 bits per heavy atom. The van der Waals surface area contributed by atoms with Crippen LogP contribution in [0.1, 0.15) is 23.5 Å². The van der Waals surface area contributed by atoms with Gasteiger partial charge in [0.05, 0.1) is 15.5 Å². The molecule has 0 aromatic rings. The van der Waals surface area contributed by atoms with Crippen molar-refractivity contribution in [2.45, 2.75) is 50.5 Å². The molecule has 16 heavy (non-hydrogen) atoms. The summed E-state index contributed by atoms with van der Waals surface area (Å²) in [6.45, 7) is 9.45. The summed E-state index contributed by atoms with van der Waals surface area (Å²) in [6, 6.07) is 0. The van der Waals surface area contributed by atoms with Crippen molar-refractivity contribution < 1.29 is 21.7 Å². The quantitative estimate of drug-likeness (QED) is 0.690. The first kappa shape index (κ1) is 9.59. The van der Waals surface area contributed by atoms with Crippen molar-refractivity contribution in [1.29, 1.82) is 0 Å². The fourth-order valence-electron chi connectivity index (χ4n) is 2.46. The van der Waals surface area contributed by atoms with Crippen molar-refractivity contribution >= 4 is 0 Å². The van der Waals surface area contributed by atoms with Gasteiger partial charge in [-0.1, -0.05) is 6.08 Å². The van der Waals surface area contributed by atoms with Gasteiger partial charge in [-0.15, -0.1) is 6.58 Å². The van der Waals surface area contributed by atoms with Crippen molar-refractivity contribution in [3.8, 4) is 0 Å². The Kier molecular flexibility index (Phi) is 2.28. The molecule has 3 unspecified atom stereocenters. The van der Waals surface area contributed by atoms with Crippen molar-refractivity contribution in [2.24, 2.45) is 0 Å². The minimum atomic E-state index is -1.35. The molecular formula is C12H20O4. The van der Waals surface area contributed by atoms with Gasteiger partial charge >= 0.3 is 0 Å². The second-order valence-electron chi connectivity index (χ2n) is 4.81. The summed E-state index contributed by atoms with van der Waals surface area (Å²) in [7, 11) is -1.35. The average molecular weight is 231 g/mol. The lowest BCUT2D eigenvalue weighted by Crippen LogP contribution is -2.45. The maximum absolute atomic E-state index is 7.10. The van der Waals surface area contributed by atoms with Crippen LogP contribution in [0.4, 0.5) is 0 Å². The number of hydrogen-bond donors (Lipinski definition) is 0. The summed E-state index contributed by atoms with van der Waals surface area (Å²) in [5.41, 5.74) is -0.849. The number of ether oxygens (including phenoxy) is 4. The van der Waals surface area contributed by atoms with Crippen LogP contribution in [0.25, 0.3) is 0 Å². The Labute approximate surface area is 99.3 Å². The van der Waals surface area contributed by atoms with Gasteiger partial charge in [-0.05, 0) is 20.8 Å². The Morgan fingerprint density at radius 3 is 2.94 bits per heavy atom. The highest BCUT2D eigenvalue weighted by Crippen LogP contribution is 2.44. The SMILES string of the molecule is [2H]C([3H])OCC1(C=C)OC(C)[C@H]2OC(C)(C)O[C@H]21. The third-order valence-corrected chi connectivity index (χ3v) is 3.13. The molecule has 0 aliphatic carbocycles. The van der Waals surface area contributed by atoms with E-state index < -0.39 is 18.5 Å². The van der Waals surface area contributed by atoms with Gasteiger partial charge in [0.25, 0.3) is 0 Å². The van der Waals surface area contributed by atoms with Crippen LogP contribution in [0, 0.1) is 0 Å². The highest BCUT2D eigenvalue weighted by molar-refractivity contribution is 5.14. The second kappa shape index (κ2) is 3.81. The first-order chi connectivity index (χ1) is 8.30. The Morgan fingerprint density at radius 1 is 1.56 bits per heavy atom. The van der Waals surface area contributed by atoms with Crippen molar-refractivity contribution in [2.75, 3.05) is 13.7 Å². The van der Waals surface area contributed by atoms with Gasteiger partial charge in [-0.3, -0.25) is 0 Å². The van der Waals surface area contributed by atoms with Crippen LogP contribution >= 0.6 is 0 Å². The molecule has 4 heteroatoms. The third kappa shape index (κ3) is 1.70. The molecule has 0 N–H and O–H groups in total. The standard InChI is InChI=1S/C12H20O4/c1-6-12(7-13-5)10-9(8(2)14-12)15-11(3,4)16-10/h6,8-10H,1,7H2,2-5H3/t8?,9-,10-,12?/m1/s1/i5TD/t5?,8?,9-,10-,12?. The third-order valence-electron chi connectivity index (χ3n) is 3.13. The van der Waals surface area contributed by atoms with Crippen LogP contribution in [0.3, 0.4) is 0 Å². The molecule has 0 bridgehead atoms. The number of rotatable bonds is 3. The Hall–Kier alpha value is -0.420. The highest BCUT2D eigenvalue weighted by atomic mass is 16.8. The molecule has 2 saturated heterocycles. The van der Waals surface area contributed by atoms with Gasteiger partial charge in [-0.2, -0.15) is 0 Å². The van der Waals surface area contributed by atoms with Crippen LogP contribution in [-0.2, 0) is 18.9 Å². The van der Waals surface area contributed by atoms with Crippen LogP contribution in [0.15, 0.2) is 12.7 Å². The average Bonchev–Trinajstić information content (AvgIpc) is 2.71. The van der Waals surface area contributed by atoms with E-state index in [0.29, 0.717) is 0 Å². The Bertz CT molecular complexity index is 334. The molecule has 5 atom stereocenters. The molecule has 0 spiro atoms. The van der Waals surface area contributed by atoms with Gasteiger partial charge in [-0.25, -0.2) is 0 Å². The van der Waals surface area contributed by atoms with E-state index in [1.165, 1.54) is 0 Å². The first-order valence-electron chi connectivity index (χ1n) is 6.58. The minimum Gasteiger partial charge on any atom is -0.381 e. The van der Waals surface area contributed by atoms with Crippen molar-refractivity contribution in [3.63, 3.8) is 0 Å². The van der Waals surface area contributed by atoms with Crippen LogP contribution in [0.2, 0.25) is 0 Å². The molecule has 0 aromatic carbocycles. The molecule has 2 fully saturated rings. The van der Waals surface area contributed by atoms with E-state index in [0.717, 1.165) is 0 Å². The fraction of sp³-hybridized carbons (Fsp3) is 0.833. The van der Waals surface area contributed by atoms with Crippen LogP contribution < -0.4 is 0 Å². The molecular weight excluding hydrogens is 208 g/mol. The van der Waals surface area contributed by atoms with E-state index in [-0.39, 0.29) is 24.9 Å². The number of hydrogen-bond acceptors (Lipinski definition) is 4. The lowest BCUT2D eigenvalue weighted by molar-refractivity contribution is -0.204. The largest absolute Gasteiger partial charge is 0.381 e. The molecule has 2 heterocycles. The summed E-state index contributed by atoms with van der Waals surface area (Å²) in [5.74, 6) is -0.664. The van der Waals surface area contributed by atoms with Crippen LogP contribution in [-0.4, -0.2) is 43.4 Å². The molecule has 0 radical (unpaired) electrons. The predicted molar refractivity (Wildman–Crippen MR) is 59.2 cm³/mol. The van der Waals surface area contributed by atoms with Gasteiger partial charge in [0.2, 0.25) is 0 Å². The van der Waals surface area contributed by atoms with E-state index in [1.54, 1.807) is 6.08 Å². The molecule has 92 valence electrons. The Balaban J connectivity index is 2.18. The normalized spacial score (nSPS) is 49.3. The summed E-state index contributed by atoms with van der Waals surface area (Å²) in [5, 5.41) is 0. The number of methoxy groups -OCH3 is 1. The maximum atomic E-state index is 7.10. The molecule has 2 rings (SSSR count). The van der Waals surface area contributed by atoms with Crippen molar-refractivity contribution in [1.82, 2.24) is 0 Å². The zero-order chi connectivity index (χ0) is 13.6. The zero-order valence-electron chi connectivity index (χ0n) is 11.9. The second-order valence-corrected chi connectivity index (χ2v) is 4.81. The van der Waals surface area contributed by atoms with Gasteiger partial charge in [0.15, 0.2) is 5.79 Å². The predicted octanol–water partition coefficient (Wildman–Crippen LogP) is 1.50. The smallest absolute Gasteiger partial charge is 0.164 e. The van der Waals surface area contributed by atoms with E-state index in [9.17, 15) is 0 Å². The molecule has 0 saturated carbocycles. The van der Waals surface area contributed by atoms with Crippen molar-refractivity contribution in [3.05, 3.63) is 12.7 Å². The van der Waals surface area contributed by atoms with E-state index in [2.05, 4.69) is 6.58 Å². The van der Waals surface area contributed by atoms with Gasteiger partial charge < -0.3 is 18.9 Å². The topological polar surface area (TPSA) is 36.9 Å². The first-order valence-corrected chi connectivity index (χ1v) is 5.43. The molecule has 0 aromatic heterocycles. The van der Waals surface area contributed by atoms with Gasteiger partial charge in [0, 0.05) is 7.06 Å². The fourth-order valence-corrected chi connectivity index (χ4v) is 2.46. The summed E-state index contributed by atoms with van der Waals surface area (Å²) < 4.78 is 36.8. The van der Waals surface area contributed by atoms with Gasteiger partial charge in [0.1, 0.15) is 17.8 Å². The highest BCUT2D eigenvalue weighted by Gasteiger charge is 2.60. The summed E-state index contributed by atoms with van der Waals surface area (Å²) >= 11 is 0. The summed E-state index contributed by atoms with van der Waals surface area (Å²) in [4.78, 5) is 0. The minimum absolute atomic E-state index is 0.0686. The lowest BCUT2D eigenvalue weighted by atomic mass is 9.95. The molecule has 2 aliphatic heterocycles. The number of fused-ring (bicyclic) bond motifs is 1. The van der Waals surface area contributed by atoms with E-state index in [4.69, 9.17) is 21.7 Å². The van der Waals surface area contributed by atoms with E-state index >= 15 is 0 Å². The van der Waals surface area contributed by atoms with Crippen LogP contribution in [0.5, 0.6) is 0 Å². The molecule has 0 amide bonds. The lowest BCUT2D eigenvalue weighted by Gasteiger charge is -2.31. The van der Waals surface area contributed by atoms with E-state index in [1.807, 2.05) is 20.8 Å². The summed E-state index contributed by atoms with van der Waals surface area (Å²) in [6.07, 6.45) is 0.977. The molecule has 4 nitrogen and oxygen atoms in total. The monoisotopic (exact) mass is 231 g/mol. The molecule has 2 aliphatic rings. The zero-order valence-corrected chi connectivity index (χ0v) is 9.93. The maximum Gasteiger partial charge on any atom is 0.164 e.